The molecule has 0 bridgehead atoms. The summed E-state index contributed by atoms with van der Waals surface area (Å²) >= 11 is 0. The summed E-state index contributed by atoms with van der Waals surface area (Å²) in [5, 5.41) is 12.5. The van der Waals surface area contributed by atoms with Gasteiger partial charge in [0.15, 0.2) is 0 Å². The van der Waals surface area contributed by atoms with Crippen LogP contribution < -0.4 is 5.32 Å². The standard InChI is InChI=1S/C15H19F4NO/c16-13-6-11(5-12(7-13)15(17,18)19)9-20-8-10-1-3-14(21)4-2-10/h5-7,10,14,20-21H,1-4,8-9H2. The number of benzene rings is 1. The van der Waals surface area contributed by atoms with E-state index < -0.39 is 17.6 Å². The van der Waals surface area contributed by atoms with Gasteiger partial charge in [0.2, 0.25) is 0 Å². The zero-order valence-corrected chi connectivity index (χ0v) is 11.6. The number of nitrogens with one attached hydrogen (secondary N) is 1. The van der Waals surface area contributed by atoms with Crippen LogP contribution in [0.25, 0.3) is 0 Å². The van der Waals surface area contributed by atoms with E-state index in [0.29, 0.717) is 18.5 Å². The summed E-state index contributed by atoms with van der Waals surface area (Å²) in [5.41, 5.74) is -0.668. The van der Waals surface area contributed by atoms with E-state index in [-0.39, 0.29) is 18.2 Å². The predicted molar refractivity (Wildman–Crippen MR) is 71.1 cm³/mol. The minimum atomic E-state index is -4.53. The fraction of sp³-hybridized carbons (Fsp3) is 0.600. The van der Waals surface area contributed by atoms with Gasteiger partial charge >= 0.3 is 6.18 Å². The van der Waals surface area contributed by atoms with Crippen LogP contribution in [-0.2, 0) is 12.7 Å². The normalized spacial score (nSPS) is 23.3. The maximum absolute atomic E-state index is 13.2. The van der Waals surface area contributed by atoms with Gasteiger partial charge in [0.05, 0.1) is 11.7 Å². The highest BCUT2D eigenvalue weighted by Crippen LogP contribution is 2.30. The highest BCUT2D eigenvalue weighted by atomic mass is 19.4. The number of aliphatic hydroxyl groups excluding tert-OH is 1. The lowest BCUT2D eigenvalue weighted by molar-refractivity contribution is -0.137. The second kappa shape index (κ2) is 6.75. The molecule has 1 aliphatic rings. The van der Waals surface area contributed by atoms with E-state index in [2.05, 4.69) is 5.32 Å². The summed E-state index contributed by atoms with van der Waals surface area (Å²) in [4.78, 5) is 0. The predicted octanol–water partition coefficient (Wildman–Crippen LogP) is 3.49. The number of halogens is 4. The van der Waals surface area contributed by atoms with Crippen molar-refractivity contribution >= 4 is 0 Å². The molecule has 0 saturated heterocycles. The number of alkyl halides is 3. The molecule has 2 N–H and O–H groups in total. The second-order valence-electron chi connectivity index (χ2n) is 5.65. The fourth-order valence-corrected chi connectivity index (χ4v) is 2.69. The van der Waals surface area contributed by atoms with Gasteiger partial charge in [-0.25, -0.2) is 4.39 Å². The molecule has 0 atom stereocenters. The van der Waals surface area contributed by atoms with Crippen LogP contribution >= 0.6 is 0 Å². The maximum Gasteiger partial charge on any atom is 0.416 e. The first-order chi connectivity index (χ1) is 9.84. The van der Waals surface area contributed by atoms with Gasteiger partial charge in [-0.3, -0.25) is 0 Å². The van der Waals surface area contributed by atoms with Crippen molar-refractivity contribution in [1.82, 2.24) is 5.32 Å². The molecule has 0 heterocycles. The zero-order valence-electron chi connectivity index (χ0n) is 11.6. The molecule has 1 aromatic carbocycles. The Balaban J connectivity index is 1.87. The lowest BCUT2D eigenvalue weighted by Gasteiger charge is -2.25. The average Bonchev–Trinajstić information content (AvgIpc) is 2.39. The molecule has 0 unspecified atom stereocenters. The largest absolute Gasteiger partial charge is 0.416 e. The lowest BCUT2D eigenvalue weighted by Crippen LogP contribution is -2.27. The van der Waals surface area contributed by atoms with Crippen LogP contribution in [-0.4, -0.2) is 17.8 Å². The Morgan fingerprint density at radius 1 is 1.10 bits per heavy atom. The summed E-state index contributed by atoms with van der Waals surface area (Å²) in [6.45, 7) is 0.879. The minimum Gasteiger partial charge on any atom is -0.393 e. The smallest absolute Gasteiger partial charge is 0.393 e. The Labute approximate surface area is 121 Å². The van der Waals surface area contributed by atoms with Crippen molar-refractivity contribution in [1.29, 1.82) is 0 Å². The first-order valence-corrected chi connectivity index (χ1v) is 7.10. The van der Waals surface area contributed by atoms with Crippen molar-refractivity contribution in [3.8, 4) is 0 Å². The Hall–Kier alpha value is -1.14. The van der Waals surface area contributed by atoms with Crippen LogP contribution in [0.2, 0.25) is 0 Å². The first-order valence-electron chi connectivity index (χ1n) is 7.10. The number of hydrogen-bond donors (Lipinski definition) is 2. The van der Waals surface area contributed by atoms with Crippen LogP contribution in [0.3, 0.4) is 0 Å². The third-order valence-corrected chi connectivity index (χ3v) is 3.86. The molecule has 0 aliphatic heterocycles. The number of rotatable bonds is 4. The third kappa shape index (κ3) is 4.97. The van der Waals surface area contributed by atoms with E-state index in [1.807, 2.05) is 0 Å². The van der Waals surface area contributed by atoms with Gasteiger partial charge in [-0.2, -0.15) is 13.2 Å². The molecular weight excluding hydrogens is 286 g/mol. The van der Waals surface area contributed by atoms with Crippen molar-refractivity contribution in [2.45, 2.75) is 44.5 Å². The number of hydrogen-bond acceptors (Lipinski definition) is 2. The zero-order chi connectivity index (χ0) is 15.5. The van der Waals surface area contributed by atoms with E-state index in [9.17, 15) is 22.7 Å². The molecule has 2 nitrogen and oxygen atoms in total. The van der Waals surface area contributed by atoms with E-state index >= 15 is 0 Å². The van der Waals surface area contributed by atoms with Crippen LogP contribution in [0.15, 0.2) is 18.2 Å². The van der Waals surface area contributed by atoms with Crippen molar-refractivity contribution in [3.63, 3.8) is 0 Å². The minimum absolute atomic E-state index is 0.208. The van der Waals surface area contributed by atoms with Gasteiger partial charge in [0.25, 0.3) is 0 Å². The van der Waals surface area contributed by atoms with Crippen molar-refractivity contribution in [3.05, 3.63) is 35.1 Å². The maximum atomic E-state index is 13.2. The van der Waals surface area contributed by atoms with Crippen molar-refractivity contribution in [2.75, 3.05) is 6.54 Å². The number of aliphatic hydroxyl groups is 1. The van der Waals surface area contributed by atoms with E-state index in [0.717, 1.165) is 37.8 Å². The van der Waals surface area contributed by atoms with Gasteiger partial charge in [0, 0.05) is 6.54 Å². The Morgan fingerprint density at radius 2 is 1.76 bits per heavy atom. The Morgan fingerprint density at radius 3 is 2.38 bits per heavy atom. The Bertz CT molecular complexity index is 467. The molecule has 1 saturated carbocycles. The summed E-state index contributed by atoms with van der Waals surface area (Å²) in [5.74, 6) is -0.452. The summed E-state index contributed by atoms with van der Waals surface area (Å²) in [7, 11) is 0. The molecule has 0 spiro atoms. The molecule has 1 fully saturated rings. The van der Waals surface area contributed by atoms with Gasteiger partial charge < -0.3 is 10.4 Å². The van der Waals surface area contributed by atoms with Gasteiger partial charge in [-0.15, -0.1) is 0 Å². The topological polar surface area (TPSA) is 32.3 Å². The monoisotopic (exact) mass is 305 g/mol. The van der Waals surface area contributed by atoms with Crippen molar-refractivity contribution < 1.29 is 22.7 Å². The molecule has 0 radical (unpaired) electrons. The molecule has 0 amide bonds. The SMILES string of the molecule is OC1CCC(CNCc2cc(F)cc(C(F)(F)F)c2)CC1. The molecule has 2 rings (SSSR count). The highest BCUT2D eigenvalue weighted by Gasteiger charge is 2.31. The van der Waals surface area contributed by atoms with Gasteiger partial charge in [-0.1, -0.05) is 0 Å². The summed E-state index contributed by atoms with van der Waals surface area (Å²) < 4.78 is 51.0. The summed E-state index contributed by atoms with van der Waals surface area (Å²) in [6.07, 6.45) is -1.40. The molecule has 21 heavy (non-hydrogen) atoms. The van der Waals surface area contributed by atoms with Gasteiger partial charge in [-0.05, 0) is 61.9 Å². The Kier molecular flexibility index (Phi) is 5.22. The van der Waals surface area contributed by atoms with Crippen LogP contribution in [0.1, 0.15) is 36.8 Å². The van der Waals surface area contributed by atoms with Gasteiger partial charge in [0.1, 0.15) is 5.82 Å². The highest BCUT2D eigenvalue weighted by molar-refractivity contribution is 5.26. The molecule has 118 valence electrons. The summed E-state index contributed by atoms with van der Waals surface area (Å²) in [6, 6.07) is 2.60. The first kappa shape index (κ1) is 16.2. The van der Waals surface area contributed by atoms with Crippen LogP contribution in [0.4, 0.5) is 17.6 Å². The second-order valence-corrected chi connectivity index (χ2v) is 5.65. The van der Waals surface area contributed by atoms with E-state index in [4.69, 9.17) is 0 Å². The lowest BCUT2D eigenvalue weighted by atomic mass is 9.87. The fourth-order valence-electron chi connectivity index (χ4n) is 2.69. The molecular formula is C15H19F4NO. The van der Waals surface area contributed by atoms with Crippen LogP contribution in [0.5, 0.6) is 0 Å². The average molecular weight is 305 g/mol. The van der Waals surface area contributed by atoms with Crippen molar-refractivity contribution in [2.24, 2.45) is 5.92 Å². The van der Waals surface area contributed by atoms with E-state index in [1.54, 1.807) is 0 Å². The molecule has 1 aliphatic carbocycles. The molecule has 6 heteroatoms. The quantitative estimate of drug-likeness (QED) is 0.835. The molecule has 1 aromatic rings. The third-order valence-electron chi connectivity index (χ3n) is 3.86. The molecule has 0 aromatic heterocycles. The van der Waals surface area contributed by atoms with E-state index in [1.165, 1.54) is 0 Å². The van der Waals surface area contributed by atoms with Crippen LogP contribution in [0, 0.1) is 11.7 Å².